The second-order valence-corrected chi connectivity index (χ2v) is 18.5. The lowest BCUT2D eigenvalue weighted by molar-refractivity contribution is 0.714. The van der Waals surface area contributed by atoms with E-state index in [0.29, 0.717) is 0 Å². The monoisotopic (exact) mass is 877 g/mol. The first-order valence-corrected chi connectivity index (χ1v) is 24.0. The SMILES string of the molecule is CC1(c2ccccc2)c2ccccc2-c2cc(N(c3ccc(-c4ccc5c(c4)c(-c4ccccc4)c(-c4ccccc4)c4ccccc45)cc3)c3ccc4cc(-c5ccccc5)ccc4c3)ccc21. The highest BCUT2D eigenvalue weighted by molar-refractivity contribution is 6.22. The van der Waals surface area contributed by atoms with Crippen molar-refractivity contribution in [3.05, 3.63) is 284 Å². The highest BCUT2D eigenvalue weighted by Crippen LogP contribution is 2.54. The maximum atomic E-state index is 2.43. The van der Waals surface area contributed by atoms with Crippen LogP contribution >= 0.6 is 0 Å². The molecule has 12 aromatic carbocycles. The van der Waals surface area contributed by atoms with Gasteiger partial charge in [0.05, 0.1) is 0 Å². The van der Waals surface area contributed by atoms with Crippen molar-refractivity contribution < 1.29 is 0 Å². The average molecular weight is 878 g/mol. The van der Waals surface area contributed by atoms with Crippen LogP contribution in [-0.4, -0.2) is 0 Å². The van der Waals surface area contributed by atoms with Gasteiger partial charge < -0.3 is 4.90 Å². The summed E-state index contributed by atoms with van der Waals surface area (Å²) in [6.45, 7) is 2.39. The van der Waals surface area contributed by atoms with Gasteiger partial charge in [0.2, 0.25) is 0 Å². The zero-order valence-corrected chi connectivity index (χ0v) is 38.4. The standard InChI is InChI=1S/C68H47N/c1-68(54-24-12-5-13-25-54)64-29-17-16-27-60(64)62-45-57(39-41-65(62)68)69(56-38-34-51-42-50(30-31-52(51)43-56)46-18-6-2-7-19-46)55-36-32-47(33-37-55)53-35-40-59-58-26-14-15-28-61(58)66(48-20-8-3-9-21-48)67(63(59)44-53)49-22-10-4-11-23-49/h2-45H,1H3. The second-order valence-electron chi connectivity index (χ2n) is 18.5. The van der Waals surface area contributed by atoms with Gasteiger partial charge in [-0.3, -0.25) is 0 Å². The highest BCUT2D eigenvalue weighted by atomic mass is 15.1. The van der Waals surface area contributed by atoms with Crippen LogP contribution in [-0.2, 0) is 5.41 Å². The fourth-order valence-electron chi connectivity index (χ4n) is 11.3. The summed E-state index contributed by atoms with van der Waals surface area (Å²) < 4.78 is 0. The molecule has 1 heteroatoms. The Labute approximate surface area is 403 Å². The number of nitrogens with zero attached hydrogens (tertiary/aromatic N) is 1. The minimum atomic E-state index is -0.272. The molecule has 69 heavy (non-hydrogen) atoms. The Morgan fingerprint density at radius 1 is 0.275 bits per heavy atom. The molecule has 0 heterocycles. The molecule has 0 saturated carbocycles. The molecule has 0 amide bonds. The number of rotatable bonds is 8. The van der Waals surface area contributed by atoms with Crippen LogP contribution in [0.5, 0.6) is 0 Å². The Balaban J connectivity index is 0.965. The first-order valence-electron chi connectivity index (χ1n) is 24.0. The molecule has 0 bridgehead atoms. The van der Waals surface area contributed by atoms with E-state index in [1.165, 1.54) is 105 Å². The van der Waals surface area contributed by atoms with Crippen molar-refractivity contribution in [3.63, 3.8) is 0 Å². The minimum absolute atomic E-state index is 0.272. The third-order valence-corrected chi connectivity index (χ3v) is 14.7. The zero-order valence-electron chi connectivity index (χ0n) is 38.4. The zero-order chi connectivity index (χ0) is 45.9. The van der Waals surface area contributed by atoms with E-state index >= 15 is 0 Å². The average Bonchev–Trinajstić information content (AvgIpc) is 3.69. The first-order chi connectivity index (χ1) is 34.1. The van der Waals surface area contributed by atoms with E-state index in [2.05, 4.69) is 279 Å². The molecule has 0 fully saturated rings. The van der Waals surface area contributed by atoms with Gasteiger partial charge in [-0.2, -0.15) is 0 Å². The molecule has 1 aliphatic carbocycles. The summed E-state index contributed by atoms with van der Waals surface area (Å²) in [5, 5.41) is 7.43. The van der Waals surface area contributed by atoms with Crippen molar-refractivity contribution in [2.75, 3.05) is 4.90 Å². The Kier molecular flexibility index (Phi) is 9.70. The van der Waals surface area contributed by atoms with Crippen LogP contribution in [0.4, 0.5) is 17.1 Å². The highest BCUT2D eigenvalue weighted by Gasteiger charge is 2.41. The van der Waals surface area contributed by atoms with E-state index in [1.807, 2.05) is 0 Å². The quantitative estimate of drug-likeness (QED) is 0.138. The van der Waals surface area contributed by atoms with Crippen LogP contribution in [0.1, 0.15) is 23.6 Å². The van der Waals surface area contributed by atoms with Gasteiger partial charge in [0.15, 0.2) is 0 Å². The van der Waals surface area contributed by atoms with E-state index in [4.69, 9.17) is 0 Å². The largest absolute Gasteiger partial charge is 0.310 e. The molecule has 0 N–H and O–H groups in total. The molecule has 1 aliphatic rings. The van der Waals surface area contributed by atoms with Crippen LogP contribution in [0, 0.1) is 0 Å². The Morgan fingerprint density at radius 2 is 0.739 bits per heavy atom. The van der Waals surface area contributed by atoms with Gasteiger partial charge in [-0.05, 0) is 160 Å². The molecule has 0 spiro atoms. The van der Waals surface area contributed by atoms with Gasteiger partial charge >= 0.3 is 0 Å². The topological polar surface area (TPSA) is 3.24 Å². The van der Waals surface area contributed by atoms with E-state index in [-0.39, 0.29) is 5.41 Å². The molecule has 1 nitrogen and oxygen atoms in total. The van der Waals surface area contributed by atoms with Gasteiger partial charge in [-0.1, -0.05) is 218 Å². The summed E-state index contributed by atoms with van der Waals surface area (Å²) >= 11 is 0. The molecule has 0 aliphatic heterocycles. The number of hydrogen-bond donors (Lipinski definition) is 0. The van der Waals surface area contributed by atoms with Crippen LogP contribution < -0.4 is 4.90 Å². The van der Waals surface area contributed by atoms with Crippen LogP contribution in [0.3, 0.4) is 0 Å². The molecule has 0 aromatic heterocycles. The van der Waals surface area contributed by atoms with Crippen molar-refractivity contribution in [3.8, 4) is 55.6 Å². The molecule has 1 unspecified atom stereocenters. The van der Waals surface area contributed by atoms with E-state index in [0.717, 1.165) is 17.1 Å². The van der Waals surface area contributed by atoms with Gasteiger partial charge in [0, 0.05) is 22.5 Å². The van der Waals surface area contributed by atoms with Gasteiger partial charge in [0.1, 0.15) is 0 Å². The Hall–Kier alpha value is -8.78. The molecule has 0 saturated heterocycles. The van der Waals surface area contributed by atoms with E-state index in [9.17, 15) is 0 Å². The third kappa shape index (κ3) is 6.77. The van der Waals surface area contributed by atoms with Crippen molar-refractivity contribution >= 4 is 49.4 Å². The number of fused-ring (bicyclic) bond motifs is 7. The second kappa shape index (κ2) is 16.5. The molecule has 324 valence electrons. The molecule has 1 atom stereocenters. The maximum absolute atomic E-state index is 2.43. The van der Waals surface area contributed by atoms with E-state index < -0.39 is 0 Å². The predicted octanol–water partition coefficient (Wildman–Crippen LogP) is 18.6. The lowest BCUT2D eigenvalue weighted by Gasteiger charge is -2.30. The maximum Gasteiger partial charge on any atom is 0.0468 e. The van der Waals surface area contributed by atoms with Gasteiger partial charge in [-0.25, -0.2) is 0 Å². The lowest BCUT2D eigenvalue weighted by atomic mass is 9.74. The Morgan fingerprint density at radius 3 is 1.46 bits per heavy atom. The molecule has 13 rings (SSSR count). The van der Waals surface area contributed by atoms with Gasteiger partial charge in [0.25, 0.3) is 0 Å². The Bertz CT molecular complexity index is 3880. The molecular weight excluding hydrogens is 831 g/mol. The molecule has 0 radical (unpaired) electrons. The summed E-state index contributed by atoms with van der Waals surface area (Å²) in [5.41, 5.74) is 19.3. The van der Waals surface area contributed by atoms with Crippen molar-refractivity contribution in [2.45, 2.75) is 12.3 Å². The summed E-state index contributed by atoms with van der Waals surface area (Å²) in [5.74, 6) is 0. The fourth-order valence-corrected chi connectivity index (χ4v) is 11.3. The summed E-state index contributed by atoms with van der Waals surface area (Å²) in [6, 6.07) is 98.3. The number of benzene rings is 12. The third-order valence-electron chi connectivity index (χ3n) is 14.7. The summed E-state index contributed by atoms with van der Waals surface area (Å²) in [4.78, 5) is 2.43. The van der Waals surface area contributed by atoms with Crippen LogP contribution in [0.15, 0.2) is 267 Å². The van der Waals surface area contributed by atoms with Crippen LogP contribution in [0.25, 0.3) is 88.0 Å². The summed E-state index contributed by atoms with van der Waals surface area (Å²) in [6.07, 6.45) is 0. The smallest absolute Gasteiger partial charge is 0.0468 e. The van der Waals surface area contributed by atoms with Crippen molar-refractivity contribution in [2.24, 2.45) is 0 Å². The van der Waals surface area contributed by atoms with E-state index in [1.54, 1.807) is 0 Å². The van der Waals surface area contributed by atoms with Crippen LogP contribution in [0.2, 0.25) is 0 Å². The predicted molar refractivity (Wildman–Crippen MR) is 293 cm³/mol. The van der Waals surface area contributed by atoms with Gasteiger partial charge in [-0.15, -0.1) is 0 Å². The minimum Gasteiger partial charge on any atom is -0.310 e. The van der Waals surface area contributed by atoms with Crippen molar-refractivity contribution in [1.82, 2.24) is 0 Å². The molecular formula is C68H47N. The fraction of sp³-hybridized carbons (Fsp3) is 0.0294. The normalized spacial score (nSPS) is 13.9. The summed E-state index contributed by atoms with van der Waals surface area (Å²) in [7, 11) is 0. The number of anilines is 3. The van der Waals surface area contributed by atoms with Crippen molar-refractivity contribution in [1.29, 1.82) is 0 Å². The molecule has 12 aromatic rings. The first kappa shape index (κ1) is 40.5. The lowest BCUT2D eigenvalue weighted by Crippen LogP contribution is -2.22. The number of hydrogen-bond acceptors (Lipinski definition) is 1.